The van der Waals surface area contributed by atoms with E-state index < -0.39 is 0 Å². The van der Waals surface area contributed by atoms with Crippen LogP contribution in [0.3, 0.4) is 0 Å². The standard InChI is InChI=1S/C25H27ClN6O2/c1-4-23(33)28-18-7-5-6-17(14-18)24-25(26)30-22(16-27-24)29-20-9-8-19(15-21(20)34-3)32-12-10-31(2)11-13-32/h5-10,12,14-16H,4,11,13H2,1-3H3,(H,28,33)(H,29,30). The van der Waals surface area contributed by atoms with Crippen LogP contribution in [0.2, 0.25) is 5.15 Å². The van der Waals surface area contributed by atoms with Gasteiger partial charge in [0.2, 0.25) is 5.91 Å². The van der Waals surface area contributed by atoms with Crippen molar-refractivity contribution in [3.05, 3.63) is 66.2 Å². The first kappa shape index (κ1) is 23.4. The molecule has 1 aromatic heterocycles. The molecule has 2 N–H and O–H groups in total. The number of amides is 1. The summed E-state index contributed by atoms with van der Waals surface area (Å²) in [7, 11) is 3.69. The highest BCUT2D eigenvalue weighted by atomic mass is 35.5. The number of aromatic nitrogens is 2. The fourth-order valence-corrected chi connectivity index (χ4v) is 3.79. The smallest absolute Gasteiger partial charge is 0.224 e. The summed E-state index contributed by atoms with van der Waals surface area (Å²) in [5, 5.41) is 6.33. The number of hydrogen-bond donors (Lipinski definition) is 2. The van der Waals surface area contributed by atoms with Gasteiger partial charge >= 0.3 is 0 Å². The minimum Gasteiger partial charge on any atom is -0.494 e. The Labute approximate surface area is 204 Å². The zero-order valence-corrected chi connectivity index (χ0v) is 20.1. The third-order valence-electron chi connectivity index (χ3n) is 5.45. The largest absolute Gasteiger partial charge is 0.494 e. The number of nitrogens with zero attached hydrogens (tertiary/aromatic N) is 4. The predicted molar refractivity (Wildman–Crippen MR) is 137 cm³/mol. The van der Waals surface area contributed by atoms with Crippen LogP contribution in [-0.2, 0) is 4.79 Å². The van der Waals surface area contributed by atoms with E-state index in [0.717, 1.165) is 30.0 Å². The van der Waals surface area contributed by atoms with Crippen LogP contribution in [0, 0.1) is 0 Å². The molecule has 0 radical (unpaired) electrons. The van der Waals surface area contributed by atoms with Crippen molar-refractivity contribution in [2.45, 2.75) is 13.3 Å². The molecule has 1 aliphatic heterocycles. The van der Waals surface area contributed by atoms with Crippen molar-refractivity contribution in [3.63, 3.8) is 0 Å². The number of methoxy groups -OCH3 is 1. The molecule has 34 heavy (non-hydrogen) atoms. The predicted octanol–water partition coefficient (Wildman–Crippen LogP) is 5.12. The maximum atomic E-state index is 11.7. The van der Waals surface area contributed by atoms with E-state index in [0.29, 0.717) is 29.4 Å². The first-order chi connectivity index (χ1) is 16.5. The van der Waals surface area contributed by atoms with Crippen LogP contribution in [0.4, 0.5) is 22.9 Å². The molecule has 0 saturated carbocycles. The van der Waals surface area contributed by atoms with Crippen molar-refractivity contribution in [3.8, 4) is 17.0 Å². The number of rotatable bonds is 7. The molecule has 8 nitrogen and oxygen atoms in total. The Morgan fingerprint density at radius 2 is 2.03 bits per heavy atom. The zero-order chi connectivity index (χ0) is 24.1. The maximum absolute atomic E-state index is 11.7. The summed E-state index contributed by atoms with van der Waals surface area (Å²) in [6.07, 6.45) is 6.13. The Morgan fingerprint density at radius 1 is 1.18 bits per heavy atom. The average molecular weight is 479 g/mol. The number of benzene rings is 2. The molecule has 0 fully saturated rings. The van der Waals surface area contributed by atoms with Gasteiger partial charge in [-0.3, -0.25) is 4.79 Å². The monoisotopic (exact) mass is 478 g/mol. The molecule has 1 aliphatic rings. The number of likely N-dealkylation sites (N-methyl/N-ethyl adjacent to an activating group) is 1. The number of hydrogen-bond acceptors (Lipinski definition) is 7. The molecule has 9 heteroatoms. The average Bonchev–Trinajstić information content (AvgIpc) is 2.85. The first-order valence-electron chi connectivity index (χ1n) is 11.0. The van der Waals surface area contributed by atoms with Crippen molar-refractivity contribution >= 4 is 40.4 Å². The first-order valence-corrected chi connectivity index (χ1v) is 11.4. The third-order valence-corrected chi connectivity index (χ3v) is 5.71. The molecular weight excluding hydrogens is 452 g/mol. The van der Waals surface area contributed by atoms with Crippen molar-refractivity contribution < 1.29 is 9.53 Å². The van der Waals surface area contributed by atoms with Gasteiger partial charge in [0.15, 0.2) is 11.0 Å². The topological polar surface area (TPSA) is 82.6 Å². The number of carbonyl (C=O) groups excluding carboxylic acids is 1. The van der Waals surface area contributed by atoms with E-state index in [1.54, 1.807) is 20.2 Å². The van der Waals surface area contributed by atoms with Gasteiger partial charge in [-0.1, -0.05) is 30.7 Å². The van der Waals surface area contributed by atoms with Crippen LogP contribution in [0.1, 0.15) is 13.3 Å². The van der Waals surface area contributed by atoms with Gasteiger partial charge in [-0.2, -0.15) is 0 Å². The highest BCUT2D eigenvalue weighted by Gasteiger charge is 2.14. The Balaban J connectivity index is 1.53. The minimum atomic E-state index is -0.0579. The number of carbonyl (C=O) groups is 1. The van der Waals surface area contributed by atoms with Gasteiger partial charge in [0.1, 0.15) is 11.4 Å². The third kappa shape index (κ3) is 5.40. The van der Waals surface area contributed by atoms with E-state index in [1.165, 1.54) is 0 Å². The molecule has 0 unspecified atom stereocenters. The molecular formula is C25H27ClN6O2. The van der Waals surface area contributed by atoms with E-state index in [1.807, 2.05) is 42.5 Å². The lowest BCUT2D eigenvalue weighted by Gasteiger charge is -2.29. The number of anilines is 4. The molecule has 0 saturated heterocycles. The van der Waals surface area contributed by atoms with E-state index in [4.69, 9.17) is 16.3 Å². The Kier molecular flexibility index (Phi) is 7.18. The fourth-order valence-electron chi connectivity index (χ4n) is 3.54. The van der Waals surface area contributed by atoms with Crippen LogP contribution < -0.4 is 20.3 Å². The van der Waals surface area contributed by atoms with Gasteiger partial charge in [-0.15, -0.1) is 0 Å². The van der Waals surface area contributed by atoms with Crippen molar-refractivity contribution in [1.29, 1.82) is 0 Å². The molecule has 0 atom stereocenters. The Hall–Kier alpha value is -3.78. The highest BCUT2D eigenvalue weighted by molar-refractivity contribution is 6.31. The molecule has 1 amide bonds. The second kappa shape index (κ2) is 10.4. The highest BCUT2D eigenvalue weighted by Crippen LogP contribution is 2.33. The number of ether oxygens (including phenoxy) is 1. The minimum absolute atomic E-state index is 0.0579. The van der Waals surface area contributed by atoms with E-state index in [-0.39, 0.29) is 11.1 Å². The van der Waals surface area contributed by atoms with E-state index >= 15 is 0 Å². The zero-order valence-electron chi connectivity index (χ0n) is 19.4. The van der Waals surface area contributed by atoms with Crippen molar-refractivity contribution in [2.75, 3.05) is 42.8 Å². The Bertz CT molecular complexity index is 1220. The molecule has 0 bridgehead atoms. The van der Waals surface area contributed by atoms with Gasteiger partial charge in [0, 0.05) is 62.0 Å². The summed E-state index contributed by atoms with van der Waals surface area (Å²) < 4.78 is 5.61. The summed E-state index contributed by atoms with van der Waals surface area (Å²) in [5.74, 6) is 1.12. The summed E-state index contributed by atoms with van der Waals surface area (Å²) in [5.41, 5.74) is 3.78. The van der Waals surface area contributed by atoms with Crippen LogP contribution >= 0.6 is 11.6 Å². The SMILES string of the molecule is CCC(=O)Nc1cccc(-c2ncc(Nc3ccc(N4C=CN(C)CC4)cc3OC)nc2Cl)c1. The molecule has 2 aromatic carbocycles. The van der Waals surface area contributed by atoms with Gasteiger partial charge in [0.25, 0.3) is 0 Å². The summed E-state index contributed by atoms with van der Waals surface area (Å²) in [6.45, 7) is 3.65. The second-order valence-electron chi connectivity index (χ2n) is 7.86. The van der Waals surface area contributed by atoms with Gasteiger partial charge in [-0.25, -0.2) is 9.97 Å². The lowest BCUT2D eigenvalue weighted by atomic mass is 10.1. The Morgan fingerprint density at radius 3 is 2.74 bits per heavy atom. The normalized spacial score (nSPS) is 13.1. The van der Waals surface area contributed by atoms with Crippen LogP contribution in [0.15, 0.2) is 61.1 Å². The lowest BCUT2D eigenvalue weighted by Crippen LogP contribution is -2.32. The molecule has 2 heterocycles. The lowest BCUT2D eigenvalue weighted by molar-refractivity contribution is -0.115. The quantitative estimate of drug-likeness (QED) is 0.487. The molecule has 0 aliphatic carbocycles. The van der Waals surface area contributed by atoms with E-state index in [2.05, 4.69) is 49.8 Å². The summed E-state index contributed by atoms with van der Waals surface area (Å²) in [6, 6.07) is 13.3. The number of halogens is 1. The molecule has 176 valence electrons. The van der Waals surface area contributed by atoms with Gasteiger partial charge in [0.05, 0.1) is 19.0 Å². The maximum Gasteiger partial charge on any atom is 0.224 e. The van der Waals surface area contributed by atoms with E-state index in [9.17, 15) is 4.79 Å². The van der Waals surface area contributed by atoms with Gasteiger partial charge in [-0.05, 0) is 24.3 Å². The molecule has 0 spiro atoms. The van der Waals surface area contributed by atoms with Crippen molar-refractivity contribution in [1.82, 2.24) is 14.9 Å². The van der Waals surface area contributed by atoms with Gasteiger partial charge < -0.3 is 25.2 Å². The summed E-state index contributed by atoms with van der Waals surface area (Å²) >= 11 is 6.48. The van der Waals surface area contributed by atoms with Crippen LogP contribution in [-0.4, -0.2) is 48.0 Å². The number of nitrogens with one attached hydrogen (secondary N) is 2. The van der Waals surface area contributed by atoms with Crippen LogP contribution in [0.5, 0.6) is 5.75 Å². The molecule has 4 rings (SSSR count). The summed E-state index contributed by atoms with van der Waals surface area (Å²) in [4.78, 5) is 25.0. The fraction of sp³-hybridized carbons (Fsp3) is 0.240. The van der Waals surface area contributed by atoms with Crippen LogP contribution in [0.25, 0.3) is 11.3 Å². The van der Waals surface area contributed by atoms with Crippen molar-refractivity contribution in [2.24, 2.45) is 0 Å². The molecule has 3 aromatic rings. The second-order valence-corrected chi connectivity index (χ2v) is 8.22.